The van der Waals surface area contributed by atoms with Gasteiger partial charge in [-0.05, 0) is 30.8 Å². The highest BCUT2D eigenvalue weighted by atomic mass is 16.3. The molecule has 4 heteroatoms. The lowest BCUT2D eigenvalue weighted by Gasteiger charge is -2.02. The molecule has 3 aromatic heterocycles. The largest absolute Gasteiger partial charge is 0.458 e. The molecule has 92 valence electrons. The average Bonchev–Trinajstić information content (AvgIpc) is 3.04. The fraction of sp³-hybridized carbons (Fsp3) is 0.214. The van der Waals surface area contributed by atoms with Gasteiger partial charge in [-0.25, -0.2) is 4.98 Å². The summed E-state index contributed by atoms with van der Waals surface area (Å²) in [6.45, 7) is 3.78. The molecule has 18 heavy (non-hydrogen) atoms. The number of nitrogens with one attached hydrogen (secondary N) is 1. The number of rotatable bonds is 4. The van der Waals surface area contributed by atoms with Gasteiger partial charge in [0, 0.05) is 12.4 Å². The highest BCUT2D eigenvalue weighted by Gasteiger charge is 2.08. The predicted molar refractivity (Wildman–Crippen MR) is 70.3 cm³/mol. The number of nitrogens with zero attached hydrogens (tertiary/aromatic N) is 2. The van der Waals surface area contributed by atoms with Crippen LogP contribution in [0.2, 0.25) is 0 Å². The number of pyridine rings is 1. The first kappa shape index (κ1) is 11.0. The molecule has 3 aromatic rings. The van der Waals surface area contributed by atoms with E-state index < -0.39 is 0 Å². The minimum absolute atomic E-state index is 0.760. The molecule has 0 aliphatic rings. The summed E-state index contributed by atoms with van der Waals surface area (Å²) in [6, 6.07) is 10.0. The third-order valence-corrected chi connectivity index (χ3v) is 2.89. The highest BCUT2D eigenvalue weighted by molar-refractivity contribution is 5.58. The third kappa shape index (κ3) is 1.91. The maximum atomic E-state index is 5.84. The molecule has 4 nitrogen and oxygen atoms in total. The molecule has 0 amide bonds. The van der Waals surface area contributed by atoms with Crippen molar-refractivity contribution in [2.24, 2.45) is 0 Å². The second kappa shape index (κ2) is 4.66. The van der Waals surface area contributed by atoms with E-state index in [9.17, 15) is 0 Å². The van der Waals surface area contributed by atoms with Gasteiger partial charge < -0.3 is 9.73 Å². The van der Waals surface area contributed by atoms with Gasteiger partial charge in [0.25, 0.3) is 0 Å². The van der Waals surface area contributed by atoms with E-state index in [1.807, 2.05) is 40.9 Å². The third-order valence-electron chi connectivity index (χ3n) is 2.89. The lowest BCUT2D eigenvalue weighted by atomic mass is 10.3. The monoisotopic (exact) mass is 241 g/mol. The first-order valence-electron chi connectivity index (χ1n) is 6.10. The summed E-state index contributed by atoms with van der Waals surface area (Å²) in [5.74, 6) is 1.82. The normalized spacial score (nSPS) is 11.2. The van der Waals surface area contributed by atoms with Crippen molar-refractivity contribution >= 4 is 5.65 Å². The fourth-order valence-corrected chi connectivity index (χ4v) is 2.01. The van der Waals surface area contributed by atoms with Gasteiger partial charge in [0.15, 0.2) is 5.76 Å². The number of hydrogen-bond acceptors (Lipinski definition) is 3. The van der Waals surface area contributed by atoms with Gasteiger partial charge in [-0.2, -0.15) is 0 Å². The van der Waals surface area contributed by atoms with Gasteiger partial charge in [-0.15, -0.1) is 0 Å². The molecule has 0 radical (unpaired) electrons. The van der Waals surface area contributed by atoms with Crippen molar-refractivity contribution < 1.29 is 4.42 Å². The lowest BCUT2D eigenvalue weighted by molar-refractivity contribution is 0.497. The van der Waals surface area contributed by atoms with Crippen LogP contribution in [-0.2, 0) is 6.54 Å². The minimum Gasteiger partial charge on any atom is -0.458 e. The van der Waals surface area contributed by atoms with Gasteiger partial charge in [-0.1, -0.05) is 13.0 Å². The number of aromatic nitrogens is 2. The van der Waals surface area contributed by atoms with E-state index >= 15 is 0 Å². The Balaban J connectivity index is 1.98. The van der Waals surface area contributed by atoms with Crippen molar-refractivity contribution in [2.75, 3.05) is 6.54 Å². The van der Waals surface area contributed by atoms with E-state index in [0.717, 1.165) is 36.0 Å². The van der Waals surface area contributed by atoms with Crippen molar-refractivity contribution in [3.8, 4) is 11.5 Å². The molecule has 0 bridgehead atoms. The van der Waals surface area contributed by atoms with Gasteiger partial charge in [0.2, 0.25) is 0 Å². The molecule has 0 spiro atoms. The molecule has 0 aliphatic carbocycles. The number of hydrogen-bond donors (Lipinski definition) is 1. The topological polar surface area (TPSA) is 42.5 Å². The van der Waals surface area contributed by atoms with Crippen LogP contribution >= 0.6 is 0 Å². The molecule has 0 atom stereocenters. The molecule has 0 unspecified atom stereocenters. The Labute approximate surface area is 105 Å². The van der Waals surface area contributed by atoms with Crippen molar-refractivity contribution in [1.29, 1.82) is 0 Å². The van der Waals surface area contributed by atoms with Crippen LogP contribution in [0.15, 0.2) is 47.1 Å². The number of fused-ring (bicyclic) bond motifs is 1. The number of imidazole rings is 1. The molecule has 1 N–H and O–H groups in total. The zero-order valence-electron chi connectivity index (χ0n) is 10.3. The zero-order chi connectivity index (χ0) is 12.4. The van der Waals surface area contributed by atoms with Gasteiger partial charge >= 0.3 is 0 Å². The summed E-state index contributed by atoms with van der Waals surface area (Å²) in [4.78, 5) is 4.27. The SMILES string of the molecule is CCNCc1ccc(-c2cccc3nccn23)o1. The Morgan fingerprint density at radius 2 is 2.22 bits per heavy atom. The molecule has 3 rings (SSSR count). The van der Waals surface area contributed by atoms with Crippen LogP contribution in [0.1, 0.15) is 12.7 Å². The average molecular weight is 241 g/mol. The van der Waals surface area contributed by atoms with E-state index in [0.29, 0.717) is 0 Å². The molecule has 0 aliphatic heterocycles. The quantitative estimate of drug-likeness (QED) is 0.763. The van der Waals surface area contributed by atoms with Crippen LogP contribution < -0.4 is 5.32 Å². The van der Waals surface area contributed by atoms with E-state index in [2.05, 4.69) is 17.2 Å². The predicted octanol–water partition coefficient (Wildman–Crippen LogP) is 2.70. The standard InChI is InChI=1S/C14H15N3O/c1-2-15-10-11-6-7-13(18-11)12-4-3-5-14-16-8-9-17(12)14/h3-9,15H,2,10H2,1H3. The van der Waals surface area contributed by atoms with Crippen molar-refractivity contribution in [2.45, 2.75) is 13.5 Å². The fourth-order valence-electron chi connectivity index (χ4n) is 2.01. The lowest BCUT2D eigenvalue weighted by Crippen LogP contribution is -2.10. The summed E-state index contributed by atoms with van der Waals surface area (Å²) < 4.78 is 7.86. The molecular formula is C14H15N3O. The molecule has 0 aromatic carbocycles. The van der Waals surface area contributed by atoms with Crippen LogP contribution in [0.25, 0.3) is 17.1 Å². The first-order chi connectivity index (χ1) is 8.88. The minimum atomic E-state index is 0.760. The smallest absolute Gasteiger partial charge is 0.151 e. The van der Waals surface area contributed by atoms with Crippen molar-refractivity contribution in [3.05, 3.63) is 48.5 Å². The van der Waals surface area contributed by atoms with Crippen LogP contribution in [0.4, 0.5) is 0 Å². The second-order valence-corrected chi connectivity index (χ2v) is 4.11. The van der Waals surface area contributed by atoms with Gasteiger partial charge in [0.05, 0.1) is 12.2 Å². The highest BCUT2D eigenvalue weighted by Crippen LogP contribution is 2.22. The maximum absolute atomic E-state index is 5.84. The zero-order valence-corrected chi connectivity index (χ0v) is 10.3. The molecule has 0 saturated heterocycles. The summed E-state index contributed by atoms with van der Waals surface area (Å²) in [6.07, 6.45) is 3.73. The Bertz CT molecular complexity index is 654. The van der Waals surface area contributed by atoms with E-state index in [4.69, 9.17) is 4.42 Å². The molecule has 0 saturated carbocycles. The van der Waals surface area contributed by atoms with E-state index in [1.54, 1.807) is 6.20 Å². The van der Waals surface area contributed by atoms with E-state index in [1.165, 1.54) is 0 Å². The summed E-state index contributed by atoms with van der Waals surface area (Å²) in [5.41, 5.74) is 1.95. The Kier molecular flexibility index (Phi) is 2.86. The van der Waals surface area contributed by atoms with E-state index in [-0.39, 0.29) is 0 Å². The second-order valence-electron chi connectivity index (χ2n) is 4.11. The summed E-state index contributed by atoms with van der Waals surface area (Å²) >= 11 is 0. The van der Waals surface area contributed by atoms with Crippen LogP contribution in [0.3, 0.4) is 0 Å². The molecule has 3 heterocycles. The van der Waals surface area contributed by atoms with Gasteiger partial charge in [-0.3, -0.25) is 4.40 Å². The van der Waals surface area contributed by atoms with Crippen molar-refractivity contribution in [1.82, 2.24) is 14.7 Å². The van der Waals surface area contributed by atoms with Gasteiger partial charge in [0.1, 0.15) is 11.4 Å². The van der Waals surface area contributed by atoms with Crippen LogP contribution in [-0.4, -0.2) is 15.9 Å². The number of furan rings is 1. The molecule has 0 fully saturated rings. The Morgan fingerprint density at radius 3 is 3.11 bits per heavy atom. The Morgan fingerprint density at radius 1 is 1.28 bits per heavy atom. The van der Waals surface area contributed by atoms with Crippen LogP contribution in [0.5, 0.6) is 0 Å². The Hall–Kier alpha value is -2.07. The maximum Gasteiger partial charge on any atom is 0.151 e. The molecular weight excluding hydrogens is 226 g/mol. The van der Waals surface area contributed by atoms with Crippen LogP contribution in [0, 0.1) is 0 Å². The first-order valence-corrected chi connectivity index (χ1v) is 6.10. The van der Waals surface area contributed by atoms with Crippen molar-refractivity contribution in [3.63, 3.8) is 0 Å². The summed E-state index contributed by atoms with van der Waals surface area (Å²) in [5, 5.41) is 3.25. The summed E-state index contributed by atoms with van der Waals surface area (Å²) in [7, 11) is 0.